The maximum absolute atomic E-state index is 14.0. The van der Waals surface area contributed by atoms with Gasteiger partial charge in [-0.1, -0.05) is 6.07 Å². The largest absolute Gasteiger partial charge is 0.479 e. The highest BCUT2D eigenvalue weighted by atomic mass is 19.4. The van der Waals surface area contributed by atoms with Crippen LogP contribution in [-0.4, -0.2) is 40.3 Å². The van der Waals surface area contributed by atoms with Crippen molar-refractivity contribution >= 4 is 23.3 Å². The summed E-state index contributed by atoms with van der Waals surface area (Å²) in [6.07, 6.45) is -8.42. The number of hydrogen-bond acceptors (Lipinski definition) is 4. The van der Waals surface area contributed by atoms with Crippen molar-refractivity contribution in [2.45, 2.75) is 63.8 Å². The number of alkyl halides is 6. The molecule has 44 heavy (non-hydrogen) atoms. The molecular weight excluding hydrogens is 595 g/mol. The minimum Gasteiger partial charge on any atom is -0.479 e. The third-order valence-corrected chi connectivity index (χ3v) is 7.86. The lowest BCUT2D eigenvalue weighted by molar-refractivity contribution is -0.144. The number of likely N-dealkylation sites (N-methyl/N-ethyl adjacent to an activating group) is 1. The first kappa shape index (κ1) is 32.6. The molecule has 1 aliphatic rings. The second-order valence-electron chi connectivity index (χ2n) is 11.5. The number of amides is 1. The van der Waals surface area contributed by atoms with E-state index in [1.54, 1.807) is 13.0 Å². The van der Waals surface area contributed by atoms with Gasteiger partial charge in [0, 0.05) is 12.6 Å². The first-order valence-electron chi connectivity index (χ1n) is 13.3. The Morgan fingerprint density at radius 3 is 1.98 bits per heavy atom. The number of aliphatic carboxylic acids is 1. The molecule has 2 aromatic carbocycles. The van der Waals surface area contributed by atoms with Gasteiger partial charge in [-0.15, -0.1) is 0 Å². The fraction of sp³-hybridized carbons (Fsp3) is 0.355. The highest BCUT2D eigenvalue weighted by molar-refractivity contribution is 6.06. The van der Waals surface area contributed by atoms with E-state index in [4.69, 9.17) is 0 Å². The number of anilines is 1. The summed E-state index contributed by atoms with van der Waals surface area (Å²) >= 11 is 0. The van der Waals surface area contributed by atoms with Gasteiger partial charge in [0.15, 0.2) is 5.54 Å². The van der Waals surface area contributed by atoms with Gasteiger partial charge in [-0.05, 0) is 93.6 Å². The molecule has 0 bridgehead atoms. The molecule has 1 aromatic heterocycles. The number of hydrogen-bond donors (Lipinski definition) is 1. The van der Waals surface area contributed by atoms with Crippen molar-refractivity contribution < 1.29 is 45.4 Å². The van der Waals surface area contributed by atoms with Crippen LogP contribution in [0.1, 0.15) is 61.6 Å². The average Bonchev–Trinajstić information content (AvgIpc) is 3.34. The van der Waals surface area contributed by atoms with Crippen molar-refractivity contribution in [1.82, 2.24) is 4.98 Å². The zero-order chi connectivity index (χ0) is 33.0. The molecular formula is C31H28F7N3O3. The van der Waals surface area contributed by atoms with Gasteiger partial charge in [0.2, 0.25) is 5.91 Å². The molecule has 1 atom stereocenters. The van der Waals surface area contributed by atoms with E-state index in [0.717, 1.165) is 4.90 Å². The number of aryl methyl sites for hydroxylation is 1. The topological polar surface area (TPSA) is 82.9 Å². The van der Waals surface area contributed by atoms with Crippen molar-refractivity contribution in [2.75, 3.05) is 11.9 Å². The van der Waals surface area contributed by atoms with Crippen LogP contribution in [0.2, 0.25) is 0 Å². The molecule has 1 aliphatic heterocycles. The molecule has 4 rings (SSSR count). The number of halogens is 7. The second-order valence-corrected chi connectivity index (χ2v) is 11.5. The summed E-state index contributed by atoms with van der Waals surface area (Å²) in [5.74, 6) is -2.50. The molecule has 0 saturated carbocycles. The van der Waals surface area contributed by atoms with Gasteiger partial charge in [-0.25, -0.2) is 9.18 Å². The van der Waals surface area contributed by atoms with E-state index < -0.39 is 57.7 Å². The maximum Gasteiger partial charge on any atom is 0.416 e. The number of aliphatic imine (C=N–C) groups is 1. The Bertz CT molecular complexity index is 1650. The maximum atomic E-state index is 14.0. The number of nitrogens with zero attached hydrogens (tertiary/aromatic N) is 3. The molecule has 0 spiro atoms. The van der Waals surface area contributed by atoms with Crippen LogP contribution >= 0.6 is 0 Å². The quantitative estimate of drug-likeness (QED) is 0.287. The summed E-state index contributed by atoms with van der Waals surface area (Å²) in [5, 5.41) is 9.57. The number of carbonyl (C=O) groups is 2. The first-order valence-corrected chi connectivity index (χ1v) is 13.3. The van der Waals surface area contributed by atoms with Gasteiger partial charge in [-0.3, -0.25) is 14.8 Å². The van der Waals surface area contributed by atoms with Crippen LogP contribution < -0.4 is 4.90 Å². The van der Waals surface area contributed by atoms with E-state index >= 15 is 0 Å². The van der Waals surface area contributed by atoms with Crippen molar-refractivity contribution in [3.8, 4) is 11.1 Å². The highest BCUT2D eigenvalue weighted by Crippen LogP contribution is 2.41. The van der Waals surface area contributed by atoms with Crippen LogP contribution in [0.5, 0.6) is 0 Å². The predicted molar refractivity (Wildman–Crippen MR) is 149 cm³/mol. The number of aromatic nitrogens is 1. The van der Waals surface area contributed by atoms with Crippen molar-refractivity contribution in [1.29, 1.82) is 0 Å². The van der Waals surface area contributed by atoms with Crippen molar-refractivity contribution in [3.63, 3.8) is 0 Å². The minimum atomic E-state index is -5.10. The van der Waals surface area contributed by atoms with Gasteiger partial charge < -0.3 is 10.0 Å². The smallest absolute Gasteiger partial charge is 0.416 e. The lowest BCUT2D eigenvalue weighted by Gasteiger charge is -2.32. The lowest BCUT2D eigenvalue weighted by atomic mass is 9.81. The summed E-state index contributed by atoms with van der Waals surface area (Å²) in [7, 11) is 1.30. The Labute approximate surface area is 248 Å². The molecule has 0 saturated heterocycles. The molecule has 1 N–H and O–H groups in total. The summed E-state index contributed by atoms with van der Waals surface area (Å²) in [5.41, 5.74) is -4.79. The summed E-state index contributed by atoms with van der Waals surface area (Å²) in [6, 6.07) is 6.47. The molecule has 3 aromatic rings. The zero-order valence-corrected chi connectivity index (χ0v) is 24.3. The van der Waals surface area contributed by atoms with E-state index in [1.165, 1.54) is 52.2 Å². The van der Waals surface area contributed by atoms with Gasteiger partial charge in [0.25, 0.3) is 0 Å². The Balaban J connectivity index is 1.85. The highest BCUT2D eigenvalue weighted by Gasteiger charge is 2.42. The second kappa shape index (κ2) is 11.0. The molecule has 0 unspecified atom stereocenters. The molecule has 0 radical (unpaired) electrons. The normalized spacial score (nSPS) is 17.4. The molecule has 6 nitrogen and oxygen atoms in total. The van der Waals surface area contributed by atoms with E-state index in [9.17, 15) is 45.4 Å². The summed E-state index contributed by atoms with van der Waals surface area (Å²) in [6.45, 7) is 5.51. The zero-order valence-electron chi connectivity index (χ0n) is 24.3. The van der Waals surface area contributed by atoms with E-state index in [0.29, 0.717) is 40.2 Å². The fourth-order valence-corrected chi connectivity index (χ4v) is 5.10. The number of carboxylic acids is 1. The van der Waals surface area contributed by atoms with Crippen LogP contribution in [0.4, 0.5) is 36.4 Å². The van der Waals surface area contributed by atoms with E-state index in [1.807, 2.05) is 0 Å². The van der Waals surface area contributed by atoms with Crippen LogP contribution in [0.15, 0.2) is 53.7 Å². The third-order valence-electron chi connectivity index (χ3n) is 7.86. The Morgan fingerprint density at radius 2 is 1.48 bits per heavy atom. The van der Waals surface area contributed by atoms with Gasteiger partial charge in [0.05, 0.1) is 39.8 Å². The number of carboxylic acid groups (broad SMARTS) is 1. The Kier molecular flexibility index (Phi) is 8.16. The molecule has 0 aliphatic carbocycles. The van der Waals surface area contributed by atoms with Gasteiger partial charge >= 0.3 is 18.3 Å². The third kappa shape index (κ3) is 6.18. The van der Waals surface area contributed by atoms with Gasteiger partial charge in [0.1, 0.15) is 5.82 Å². The number of rotatable bonds is 6. The molecule has 0 fully saturated rings. The molecule has 234 valence electrons. The van der Waals surface area contributed by atoms with Crippen LogP contribution in [0, 0.1) is 12.7 Å². The number of carbonyl (C=O) groups excluding carboxylic acids is 1. The van der Waals surface area contributed by atoms with Crippen molar-refractivity contribution in [2.24, 2.45) is 4.99 Å². The van der Waals surface area contributed by atoms with Crippen LogP contribution in [-0.2, 0) is 27.4 Å². The minimum absolute atomic E-state index is 0.00703. The molecule has 2 heterocycles. The first-order chi connectivity index (χ1) is 20.1. The number of pyridine rings is 1. The Hall–Kier alpha value is -4.29. The van der Waals surface area contributed by atoms with Crippen molar-refractivity contribution in [3.05, 3.63) is 82.4 Å². The van der Waals surface area contributed by atoms with Crippen LogP contribution in [0.25, 0.3) is 11.1 Å². The average molecular weight is 624 g/mol. The summed E-state index contributed by atoms with van der Waals surface area (Å²) < 4.78 is 95.4. The SMILES string of the molecule is Cc1cc(F)ccc1-c1cc(C2=N[C@@](C)(C(=O)O)CC2)ncc1N(C)C(=O)C(C)(C)c1cc(C(F)(F)F)cc(C(F)(F)F)c1. The van der Waals surface area contributed by atoms with E-state index in [2.05, 4.69) is 9.98 Å². The number of benzene rings is 2. The lowest BCUT2D eigenvalue weighted by Crippen LogP contribution is -2.42. The predicted octanol–water partition coefficient (Wildman–Crippen LogP) is 7.60. The Morgan fingerprint density at radius 1 is 0.909 bits per heavy atom. The van der Waals surface area contributed by atoms with E-state index in [-0.39, 0.29) is 24.6 Å². The standard InChI is InChI=1S/C31H28F7N3O3/c1-16-10-20(32)6-7-21(16)22-14-24(23-8-9-29(4,40-23)27(43)44)39-15-25(22)41(5)26(42)28(2,3)17-11-18(30(33,34)35)13-19(12-17)31(36,37)38/h6-7,10-15H,8-9H2,1-5H3,(H,43,44)/t29-/m1/s1. The summed E-state index contributed by atoms with van der Waals surface area (Å²) in [4.78, 5) is 35.4. The molecule has 13 heteroatoms. The molecule has 1 amide bonds. The monoisotopic (exact) mass is 623 g/mol. The fourth-order valence-electron chi connectivity index (χ4n) is 5.10. The van der Waals surface area contributed by atoms with Crippen LogP contribution in [0.3, 0.4) is 0 Å². The van der Waals surface area contributed by atoms with Gasteiger partial charge in [-0.2, -0.15) is 26.3 Å².